The van der Waals surface area contributed by atoms with Crippen LogP contribution in [0.15, 0.2) is 63.1 Å². The van der Waals surface area contributed by atoms with Gasteiger partial charge in [-0.3, -0.25) is 38.1 Å². The van der Waals surface area contributed by atoms with Crippen LogP contribution in [0.4, 0.5) is 17.3 Å². The summed E-state index contributed by atoms with van der Waals surface area (Å²) in [6.07, 6.45) is 9.77. The summed E-state index contributed by atoms with van der Waals surface area (Å²) < 4.78 is 8.49. The molecule has 4 fully saturated rings. The van der Waals surface area contributed by atoms with Crippen molar-refractivity contribution in [2.75, 3.05) is 69.1 Å². The molecule has 6 heterocycles. The number of anilines is 3. The molecule has 0 radical (unpaired) electrons. The van der Waals surface area contributed by atoms with E-state index in [1.54, 1.807) is 45.0 Å². The van der Waals surface area contributed by atoms with Crippen molar-refractivity contribution in [3.63, 3.8) is 0 Å². The minimum absolute atomic E-state index is 0.115. The third kappa shape index (κ3) is 9.03. The quantitative estimate of drug-likeness (QED) is 0.0749. The van der Waals surface area contributed by atoms with E-state index in [1.165, 1.54) is 0 Å². The average molecular weight is 883 g/mol. The van der Waals surface area contributed by atoms with Crippen LogP contribution >= 0.6 is 23.5 Å². The summed E-state index contributed by atoms with van der Waals surface area (Å²) in [5.41, 5.74) is 4.84. The molecule has 5 aromatic rings. The molecular formula is C45H56ClN11O4S. The van der Waals surface area contributed by atoms with Gasteiger partial charge >= 0.3 is 5.69 Å². The molecule has 4 aliphatic rings. The topological polar surface area (TPSA) is 155 Å². The highest BCUT2D eigenvalue weighted by Gasteiger charge is 2.32. The number of imidazole rings is 1. The zero-order chi connectivity index (χ0) is 42.9. The van der Waals surface area contributed by atoms with Crippen LogP contribution in [-0.2, 0) is 16.6 Å². The molecule has 3 saturated heterocycles. The van der Waals surface area contributed by atoms with Crippen molar-refractivity contribution < 1.29 is 9.59 Å². The normalized spacial score (nSPS) is 19.9. The van der Waals surface area contributed by atoms with E-state index < -0.39 is 11.9 Å². The molecule has 3 aromatic heterocycles. The molecule has 0 spiro atoms. The van der Waals surface area contributed by atoms with Crippen LogP contribution < -0.4 is 31.5 Å². The van der Waals surface area contributed by atoms with Gasteiger partial charge in [-0.25, -0.2) is 9.78 Å². The van der Waals surface area contributed by atoms with Gasteiger partial charge in [0.1, 0.15) is 16.7 Å². The zero-order valence-electron chi connectivity index (χ0n) is 35.6. The second kappa shape index (κ2) is 18.5. The SMILES string of the molecule is Cc1cc(SNCCCN2CCN(CC3CCN(c4ccc5c(c4)n(C)c(=O)n5C4CCC(=O)NC4=O)CC3)CC2)ccc1Nc1ncc2cc(Cl)c(=O)n(C3CCCC3)c2n1. The van der Waals surface area contributed by atoms with E-state index in [4.69, 9.17) is 16.6 Å². The Bertz CT molecular complexity index is 2590. The van der Waals surface area contributed by atoms with E-state index >= 15 is 0 Å². The number of imide groups is 1. The number of pyridine rings is 1. The zero-order valence-corrected chi connectivity index (χ0v) is 37.1. The Kier molecular flexibility index (Phi) is 12.7. The van der Waals surface area contributed by atoms with E-state index in [-0.39, 0.29) is 34.6 Å². The minimum Gasteiger partial charge on any atom is -0.371 e. The van der Waals surface area contributed by atoms with Crippen molar-refractivity contribution in [2.45, 2.75) is 81.7 Å². The summed E-state index contributed by atoms with van der Waals surface area (Å²) in [5, 5.41) is 6.73. The molecule has 1 atom stereocenters. The Morgan fingerprint density at radius 3 is 2.40 bits per heavy atom. The fourth-order valence-corrected chi connectivity index (χ4v) is 10.8. The lowest BCUT2D eigenvalue weighted by Crippen LogP contribution is -2.49. The Labute approximate surface area is 370 Å². The largest absolute Gasteiger partial charge is 0.371 e. The first kappa shape index (κ1) is 42.6. The van der Waals surface area contributed by atoms with Gasteiger partial charge in [-0.2, -0.15) is 4.98 Å². The number of nitrogens with zero attached hydrogens (tertiary/aromatic N) is 8. The molecule has 1 saturated carbocycles. The van der Waals surface area contributed by atoms with Gasteiger partial charge in [-0.15, -0.1) is 0 Å². The smallest absolute Gasteiger partial charge is 0.329 e. The highest BCUT2D eigenvalue weighted by molar-refractivity contribution is 7.97. The van der Waals surface area contributed by atoms with Crippen LogP contribution in [0, 0.1) is 12.8 Å². The molecule has 1 aliphatic carbocycles. The first-order valence-electron chi connectivity index (χ1n) is 22.2. The van der Waals surface area contributed by atoms with E-state index in [2.05, 4.69) is 72.3 Å². The van der Waals surface area contributed by atoms with Crippen molar-refractivity contribution in [3.05, 3.63) is 80.1 Å². The number of halogens is 1. The summed E-state index contributed by atoms with van der Waals surface area (Å²) in [6, 6.07) is 13.5. The van der Waals surface area contributed by atoms with Crippen molar-refractivity contribution in [1.29, 1.82) is 0 Å². The van der Waals surface area contributed by atoms with Gasteiger partial charge in [-0.1, -0.05) is 24.4 Å². The number of fused-ring (bicyclic) bond motifs is 2. The lowest BCUT2D eigenvalue weighted by Gasteiger charge is -2.39. The molecule has 3 aliphatic heterocycles. The Morgan fingerprint density at radius 2 is 1.65 bits per heavy atom. The summed E-state index contributed by atoms with van der Waals surface area (Å²) in [5.74, 6) is 0.429. The molecule has 2 amide bonds. The van der Waals surface area contributed by atoms with Gasteiger partial charge in [0.25, 0.3) is 5.56 Å². The predicted molar refractivity (Wildman–Crippen MR) is 246 cm³/mol. The number of nitrogens with one attached hydrogen (secondary N) is 3. The molecule has 2 aromatic carbocycles. The molecule has 3 N–H and O–H groups in total. The summed E-state index contributed by atoms with van der Waals surface area (Å²) in [6.45, 7) is 11.6. The highest BCUT2D eigenvalue weighted by atomic mass is 35.5. The minimum atomic E-state index is -0.674. The van der Waals surface area contributed by atoms with Crippen LogP contribution in [0.5, 0.6) is 0 Å². The Balaban J connectivity index is 0.687. The van der Waals surface area contributed by atoms with Crippen molar-refractivity contribution in [3.8, 4) is 0 Å². The third-order valence-corrected chi connectivity index (χ3v) is 14.5. The molecule has 15 nitrogen and oxygen atoms in total. The lowest BCUT2D eigenvalue weighted by molar-refractivity contribution is -0.135. The molecule has 0 bridgehead atoms. The number of carbonyl (C=O) groups is 2. The predicted octanol–water partition coefficient (Wildman–Crippen LogP) is 5.76. The van der Waals surface area contributed by atoms with E-state index in [0.29, 0.717) is 23.9 Å². The van der Waals surface area contributed by atoms with Gasteiger partial charge in [0.05, 0.1) is 11.0 Å². The number of aryl methyl sites for hydroxylation is 2. The standard InChI is InChI=1S/C45H56ClN11O4S/c1-29-24-34(9-10-36(29)49-44-47-27-31-25-35(46)43(60)56(41(31)51-44)32-6-3-4-7-32)62-48-16-5-17-53-20-22-54(23-21-53)28-30-14-18-55(19-15-30)33-8-11-37-39(26-33)52(2)45(61)57(37)38-12-13-40(58)50-42(38)59/h8-11,24-27,30,32,38,48H,3-7,12-23,28H2,1-2H3,(H,47,49,51)(H,50,58,59). The number of piperidine rings is 2. The molecule has 9 rings (SSSR count). The fraction of sp³-hybridized carbons (Fsp3) is 0.511. The maximum Gasteiger partial charge on any atom is 0.329 e. The van der Waals surface area contributed by atoms with Crippen LogP contribution in [-0.4, -0.2) is 104 Å². The van der Waals surface area contributed by atoms with E-state index in [0.717, 1.165) is 142 Å². The van der Waals surface area contributed by atoms with E-state index in [9.17, 15) is 19.2 Å². The van der Waals surface area contributed by atoms with Crippen molar-refractivity contribution in [1.82, 2.24) is 43.5 Å². The van der Waals surface area contributed by atoms with Crippen molar-refractivity contribution >= 4 is 74.8 Å². The van der Waals surface area contributed by atoms with Crippen molar-refractivity contribution in [2.24, 2.45) is 13.0 Å². The van der Waals surface area contributed by atoms with Crippen LogP contribution in [0.3, 0.4) is 0 Å². The number of carbonyl (C=O) groups excluding carboxylic acids is 2. The number of amides is 2. The van der Waals surface area contributed by atoms with Gasteiger partial charge in [0, 0.05) is 99.7 Å². The molecule has 62 heavy (non-hydrogen) atoms. The second-order valence-electron chi connectivity index (χ2n) is 17.5. The summed E-state index contributed by atoms with van der Waals surface area (Å²) in [7, 11) is 1.75. The van der Waals surface area contributed by atoms with Crippen LogP contribution in [0.25, 0.3) is 22.1 Å². The van der Waals surface area contributed by atoms with E-state index in [1.807, 2.05) is 6.07 Å². The van der Waals surface area contributed by atoms with Gasteiger partial charge in [0.2, 0.25) is 17.8 Å². The summed E-state index contributed by atoms with van der Waals surface area (Å²) >= 11 is 7.97. The first-order chi connectivity index (χ1) is 30.1. The van der Waals surface area contributed by atoms with Gasteiger partial charge in [0.15, 0.2) is 0 Å². The number of aromatic nitrogens is 5. The number of rotatable bonds is 13. The summed E-state index contributed by atoms with van der Waals surface area (Å²) in [4.78, 5) is 68.7. The third-order valence-electron chi connectivity index (χ3n) is 13.4. The molecule has 17 heteroatoms. The number of benzene rings is 2. The Morgan fingerprint density at radius 1 is 0.871 bits per heavy atom. The maximum absolute atomic E-state index is 13.2. The Hall–Kier alpha value is -4.74. The highest BCUT2D eigenvalue weighted by Crippen LogP contribution is 2.33. The monoisotopic (exact) mass is 881 g/mol. The van der Waals surface area contributed by atoms with Crippen LogP contribution in [0.1, 0.15) is 75.4 Å². The molecule has 328 valence electrons. The number of hydrogen-bond acceptors (Lipinski definition) is 12. The van der Waals surface area contributed by atoms with Crippen LogP contribution in [0.2, 0.25) is 5.02 Å². The average Bonchev–Trinajstić information content (AvgIpc) is 3.89. The van der Waals surface area contributed by atoms with Gasteiger partial charge < -0.3 is 20.0 Å². The fourth-order valence-electron chi connectivity index (χ4n) is 9.83. The number of piperazine rings is 1. The maximum atomic E-state index is 13.2. The first-order valence-corrected chi connectivity index (χ1v) is 23.4. The second-order valence-corrected chi connectivity index (χ2v) is 18.8. The molecule has 1 unspecified atom stereocenters. The van der Waals surface area contributed by atoms with Gasteiger partial charge in [-0.05, 0) is 118 Å². The lowest BCUT2D eigenvalue weighted by atomic mass is 9.95. The number of hydrogen-bond donors (Lipinski definition) is 3. The molecular weight excluding hydrogens is 826 g/mol.